The fraction of sp³-hybridized carbons (Fsp3) is 0.667. The predicted octanol–water partition coefficient (Wildman–Crippen LogP) is 2.65. The summed E-state index contributed by atoms with van der Waals surface area (Å²) in [5, 5.41) is 0. The van der Waals surface area contributed by atoms with Crippen LogP contribution in [0.1, 0.15) is 41.5 Å². The highest BCUT2D eigenvalue weighted by atomic mass is 16.1. The van der Waals surface area contributed by atoms with Crippen LogP contribution in [0.3, 0.4) is 0 Å². The molecule has 0 spiro atoms. The molecule has 1 nitrogen and oxygen atoms in total. The van der Waals surface area contributed by atoms with Gasteiger partial charge in [-0.25, -0.2) is 0 Å². The van der Waals surface area contributed by atoms with E-state index in [-0.39, 0.29) is 5.78 Å². The number of rotatable bonds is 0. The molecule has 0 fully saturated rings. The second kappa shape index (κ2) is 24.0. The SMILES string of the molecule is CC.CC.CC#CC(C)=O. The summed E-state index contributed by atoms with van der Waals surface area (Å²) in [6.07, 6.45) is 0. The Morgan fingerprint density at radius 3 is 1.40 bits per heavy atom. The highest BCUT2D eigenvalue weighted by Crippen LogP contribution is 1.57. The number of ketones is 1. The molecule has 0 aromatic carbocycles. The molecule has 0 saturated carbocycles. The van der Waals surface area contributed by atoms with Gasteiger partial charge in [-0.1, -0.05) is 33.6 Å². The standard InChI is InChI=1S/C5H6O.2C2H6/c1-3-4-5(2)6;2*1-2/h1-2H3;2*1-2H3. The van der Waals surface area contributed by atoms with Crippen LogP contribution in [0.25, 0.3) is 0 Å². The molecule has 60 valence electrons. The van der Waals surface area contributed by atoms with Crippen LogP contribution in [0.5, 0.6) is 0 Å². The zero-order chi connectivity index (χ0) is 8.99. The van der Waals surface area contributed by atoms with Gasteiger partial charge in [-0.3, -0.25) is 4.79 Å². The quantitative estimate of drug-likeness (QED) is 0.375. The van der Waals surface area contributed by atoms with Gasteiger partial charge in [0.05, 0.1) is 0 Å². The Morgan fingerprint density at radius 1 is 1.10 bits per heavy atom. The van der Waals surface area contributed by atoms with Crippen LogP contribution in [0, 0.1) is 11.8 Å². The van der Waals surface area contributed by atoms with Gasteiger partial charge >= 0.3 is 0 Å². The third kappa shape index (κ3) is 56.4. The zero-order valence-electron chi connectivity index (χ0n) is 7.91. The highest BCUT2D eigenvalue weighted by Gasteiger charge is 1.72. The summed E-state index contributed by atoms with van der Waals surface area (Å²) in [6, 6.07) is 0. The van der Waals surface area contributed by atoms with Crippen molar-refractivity contribution >= 4 is 5.78 Å². The van der Waals surface area contributed by atoms with E-state index in [9.17, 15) is 4.79 Å². The Labute approximate surface area is 64.8 Å². The molecule has 0 heterocycles. The lowest BCUT2D eigenvalue weighted by Gasteiger charge is -1.61. The molecule has 0 N–H and O–H groups in total. The van der Waals surface area contributed by atoms with Gasteiger partial charge in [-0.15, -0.1) is 0 Å². The Kier molecular flexibility index (Phi) is 38.7. The molecule has 0 atom stereocenters. The van der Waals surface area contributed by atoms with Crippen LogP contribution >= 0.6 is 0 Å². The van der Waals surface area contributed by atoms with E-state index in [0.717, 1.165) is 0 Å². The zero-order valence-corrected chi connectivity index (χ0v) is 7.91. The first-order valence-electron chi connectivity index (χ1n) is 3.70. The summed E-state index contributed by atoms with van der Waals surface area (Å²) in [5.74, 6) is 4.72. The maximum absolute atomic E-state index is 9.87. The van der Waals surface area contributed by atoms with Gasteiger partial charge in [-0.05, 0) is 12.8 Å². The molecule has 0 aliphatic carbocycles. The molecule has 0 unspecified atom stereocenters. The summed E-state index contributed by atoms with van der Waals surface area (Å²) in [6.45, 7) is 11.1. The Bertz CT molecular complexity index is 104. The Hall–Kier alpha value is -0.770. The van der Waals surface area contributed by atoms with Gasteiger partial charge in [0, 0.05) is 6.92 Å². The molecule has 0 amide bonds. The molecular weight excluding hydrogens is 124 g/mol. The van der Waals surface area contributed by atoms with Crippen molar-refractivity contribution in [2.75, 3.05) is 0 Å². The van der Waals surface area contributed by atoms with Crippen molar-refractivity contribution < 1.29 is 4.79 Å². The molecule has 0 aromatic rings. The normalized spacial score (nSPS) is 4.60. The largest absolute Gasteiger partial charge is 0.285 e. The first-order chi connectivity index (χ1) is 4.77. The Balaban J connectivity index is -0.000000105. The van der Waals surface area contributed by atoms with Crippen LogP contribution < -0.4 is 0 Å². The van der Waals surface area contributed by atoms with Crippen molar-refractivity contribution in [2.24, 2.45) is 0 Å². The summed E-state index contributed by atoms with van der Waals surface area (Å²) in [7, 11) is 0. The lowest BCUT2D eigenvalue weighted by atomic mass is 10.4. The van der Waals surface area contributed by atoms with Gasteiger partial charge in [0.1, 0.15) is 0 Å². The van der Waals surface area contributed by atoms with Crippen molar-refractivity contribution in [3.63, 3.8) is 0 Å². The lowest BCUT2D eigenvalue weighted by molar-refractivity contribution is -0.111. The van der Waals surface area contributed by atoms with Crippen molar-refractivity contribution in [2.45, 2.75) is 41.5 Å². The molecule has 1 heteroatoms. The van der Waals surface area contributed by atoms with E-state index in [4.69, 9.17) is 0 Å². The molecule has 0 bridgehead atoms. The monoisotopic (exact) mass is 142 g/mol. The topological polar surface area (TPSA) is 17.1 Å². The summed E-state index contributed by atoms with van der Waals surface area (Å²) in [5.41, 5.74) is 0. The second-order valence-corrected chi connectivity index (χ2v) is 0.931. The molecule has 0 radical (unpaired) electrons. The molecule has 0 aliphatic rings. The lowest BCUT2D eigenvalue weighted by Crippen LogP contribution is -1.77. The van der Waals surface area contributed by atoms with Crippen LogP contribution in [-0.2, 0) is 4.79 Å². The minimum atomic E-state index is -0.0718. The smallest absolute Gasteiger partial charge is 0.202 e. The van der Waals surface area contributed by atoms with Gasteiger partial charge in [0.2, 0.25) is 5.78 Å². The van der Waals surface area contributed by atoms with Crippen molar-refractivity contribution in [3.05, 3.63) is 0 Å². The van der Waals surface area contributed by atoms with E-state index < -0.39 is 0 Å². The fourth-order valence-corrected chi connectivity index (χ4v) is 0.176. The first-order valence-corrected chi connectivity index (χ1v) is 3.70. The molecule has 0 aliphatic heterocycles. The summed E-state index contributed by atoms with van der Waals surface area (Å²) >= 11 is 0. The summed E-state index contributed by atoms with van der Waals surface area (Å²) in [4.78, 5) is 9.87. The van der Waals surface area contributed by atoms with Crippen LogP contribution in [-0.4, -0.2) is 5.78 Å². The molecule has 0 rings (SSSR count). The summed E-state index contributed by atoms with van der Waals surface area (Å²) < 4.78 is 0. The second-order valence-electron chi connectivity index (χ2n) is 0.931. The number of hydrogen-bond donors (Lipinski definition) is 0. The average Bonchev–Trinajstić information content (AvgIpc) is 1.96. The number of carbonyl (C=O) groups is 1. The van der Waals surface area contributed by atoms with Crippen molar-refractivity contribution in [1.29, 1.82) is 0 Å². The molecule has 10 heavy (non-hydrogen) atoms. The average molecular weight is 142 g/mol. The maximum Gasteiger partial charge on any atom is 0.202 e. The Morgan fingerprint density at radius 2 is 1.40 bits per heavy atom. The van der Waals surface area contributed by atoms with E-state index in [0.29, 0.717) is 0 Å². The predicted molar refractivity (Wildman–Crippen MR) is 46.8 cm³/mol. The van der Waals surface area contributed by atoms with E-state index in [1.165, 1.54) is 6.92 Å². The van der Waals surface area contributed by atoms with Crippen LogP contribution in [0.2, 0.25) is 0 Å². The van der Waals surface area contributed by atoms with E-state index in [1.807, 2.05) is 27.7 Å². The minimum Gasteiger partial charge on any atom is -0.285 e. The third-order valence-corrected chi connectivity index (χ3v) is 0.301. The number of carbonyl (C=O) groups excluding carboxylic acids is 1. The third-order valence-electron chi connectivity index (χ3n) is 0.301. The van der Waals surface area contributed by atoms with Crippen molar-refractivity contribution in [1.82, 2.24) is 0 Å². The number of hydrogen-bond acceptors (Lipinski definition) is 1. The highest BCUT2D eigenvalue weighted by molar-refractivity contribution is 5.93. The molecular formula is C9H18O. The van der Waals surface area contributed by atoms with Gasteiger partial charge in [0.15, 0.2) is 0 Å². The van der Waals surface area contributed by atoms with E-state index >= 15 is 0 Å². The van der Waals surface area contributed by atoms with Gasteiger partial charge in [0.25, 0.3) is 0 Å². The van der Waals surface area contributed by atoms with Crippen LogP contribution in [0.4, 0.5) is 0 Å². The molecule has 0 aromatic heterocycles. The van der Waals surface area contributed by atoms with Gasteiger partial charge < -0.3 is 0 Å². The van der Waals surface area contributed by atoms with Crippen molar-refractivity contribution in [3.8, 4) is 11.8 Å². The van der Waals surface area contributed by atoms with Crippen LogP contribution in [0.15, 0.2) is 0 Å². The maximum atomic E-state index is 9.87. The minimum absolute atomic E-state index is 0.0718. The van der Waals surface area contributed by atoms with E-state index in [2.05, 4.69) is 11.8 Å². The van der Waals surface area contributed by atoms with Gasteiger partial charge in [-0.2, -0.15) is 0 Å². The first kappa shape index (κ1) is 16.1. The number of Topliss-reactive ketones (excluding diaryl/α,β-unsaturated/α-hetero) is 1. The fourth-order valence-electron chi connectivity index (χ4n) is 0.176. The molecule has 0 saturated heterocycles. The van der Waals surface area contributed by atoms with E-state index in [1.54, 1.807) is 6.92 Å².